The van der Waals surface area contributed by atoms with Gasteiger partial charge in [0.1, 0.15) is 0 Å². The third-order valence-electron chi connectivity index (χ3n) is 2.79. The van der Waals surface area contributed by atoms with Crippen molar-refractivity contribution >= 4 is 0 Å². The summed E-state index contributed by atoms with van der Waals surface area (Å²) in [6.07, 6.45) is 2.78. The maximum absolute atomic E-state index is 2.51. The van der Waals surface area contributed by atoms with E-state index in [1.165, 1.54) is 25.9 Å². The van der Waals surface area contributed by atoms with E-state index in [4.69, 9.17) is 0 Å². The molecule has 0 aromatic rings. The summed E-state index contributed by atoms with van der Waals surface area (Å²) in [7, 11) is 6.57. The number of nitrogens with zero attached hydrogens (tertiary/aromatic N) is 2. The van der Waals surface area contributed by atoms with Gasteiger partial charge in [-0.2, -0.15) is 0 Å². The van der Waals surface area contributed by atoms with Crippen molar-refractivity contribution in [1.29, 1.82) is 0 Å². The second-order valence-corrected chi connectivity index (χ2v) is 4.54. The fourth-order valence-corrected chi connectivity index (χ4v) is 2.08. The summed E-state index contributed by atoms with van der Waals surface area (Å²) in [6, 6.07) is 0.788. The Labute approximate surface area is 76.5 Å². The van der Waals surface area contributed by atoms with E-state index in [-0.39, 0.29) is 0 Å². The van der Waals surface area contributed by atoms with Crippen molar-refractivity contribution in [3.05, 3.63) is 0 Å². The Bertz CT molecular complexity index is 134. The molecule has 0 amide bonds. The van der Waals surface area contributed by atoms with Crippen LogP contribution >= 0.6 is 0 Å². The highest BCUT2D eigenvalue weighted by Crippen LogP contribution is 2.20. The number of likely N-dealkylation sites (N-methyl/N-ethyl adjacent to an activating group) is 2. The molecule has 2 unspecified atom stereocenters. The monoisotopic (exact) mass is 170 g/mol. The molecule has 2 heteroatoms. The first-order chi connectivity index (χ1) is 5.59. The Morgan fingerprint density at radius 1 is 1.33 bits per heavy atom. The Balaban J connectivity index is 2.34. The van der Waals surface area contributed by atoms with Gasteiger partial charge in [0.05, 0.1) is 0 Å². The summed E-state index contributed by atoms with van der Waals surface area (Å²) in [5.41, 5.74) is 0. The van der Waals surface area contributed by atoms with Crippen LogP contribution in [-0.2, 0) is 0 Å². The molecule has 1 rings (SSSR count). The second kappa shape index (κ2) is 4.24. The van der Waals surface area contributed by atoms with E-state index >= 15 is 0 Å². The van der Waals surface area contributed by atoms with Gasteiger partial charge in [0.25, 0.3) is 0 Å². The van der Waals surface area contributed by atoms with Gasteiger partial charge < -0.3 is 9.80 Å². The van der Waals surface area contributed by atoms with Crippen LogP contribution in [0, 0.1) is 5.92 Å². The van der Waals surface area contributed by atoms with Gasteiger partial charge in [-0.25, -0.2) is 0 Å². The molecule has 0 aromatic carbocycles. The summed E-state index contributed by atoms with van der Waals surface area (Å²) in [5.74, 6) is 0.897. The fourth-order valence-electron chi connectivity index (χ4n) is 2.08. The highest BCUT2D eigenvalue weighted by atomic mass is 15.2. The van der Waals surface area contributed by atoms with Crippen LogP contribution in [0.1, 0.15) is 19.8 Å². The second-order valence-electron chi connectivity index (χ2n) is 4.54. The Morgan fingerprint density at radius 2 is 2.00 bits per heavy atom. The van der Waals surface area contributed by atoms with E-state index in [1.807, 2.05) is 0 Å². The van der Waals surface area contributed by atoms with Gasteiger partial charge in [-0.15, -0.1) is 0 Å². The molecule has 2 nitrogen and oxygen atoms in total. The molecule has 2 atom stereocenters. The van der Waals surface area contributed by atoms with Crippen molar-refractivity contribution in [2.75, 3.05) is 34.2 Å². The summed E-state index contributed by atoms with van der Waals surface area (Å²) < 4.78 is 0. The van der Waals surface area contributed by atoms with Crippen LogP contribution < -0.4 is 0 Å². The molecule has 1 fully saturated rings. The van der Waals surface area contributed by atoms with Gasteiger partial charge >= 0.3 is 0 Å². The molecule has 0 saturated carbocycles. The molecule has 0 bridgehead atoms. The fraction of sp³-hybridized carbons (Fsp3) is 1.00. The zero-order chi connectivity index (χ0) is 9.14. The number of rotatable bonds is 2. The molecule has 1 aliphatic rings. The lowest BCUT2D eigenvalue weighted by atomic mass is 9.94. The van der Waals surface area contributed by atoms with E-state index in [9.17, 15) is 0 Å². The van der Waals surface area contributed by atoms with E-state index in [0.717, 1.165) is 12.0 Å². The van der Waals surface area contributed by atoms with E-state index < -0.39 is 0 Å². The molecule has 0 N–H and O–H groups in total. The molecule has 1 saturated heterocycles. The van der Waals surface area contributed by atoms with Crippen LogP contribution in [-0.4, -0.2) is 50.1 Å². The van der Waals surface area contributed by atoms with Gasteiger partial charge in [0, 0.05) is 19.1 Å². The van der Waals surface area contributed by atoms with Gasteiger partial charge in [-0.3, -0.25) is 0 Å². The minimum absolute atomic E-state index is 0.788. The smallest absolute Gasteiger partial charge is 0.0220 e. The minimum atomic E-state index is 0.788. The van der Waals surface area contributed by atoms with Crippen LogP contribution in [0.15, 0.2) is 0 Å². The van der Waals surface area contributed by atoms with Crippen LogP contribution in [0.3, 0.4) is 0 Å². The van der Waals surface area contributed by atoms with Crippen molar-refractivity contribution in [2.24, 2.45) is 5.92 Å². The van der Waals surface area contributed by atoms with Crippen LogP contribution in [0.25, 0.3) is 0 Å². The number of piperidine rings is 1. The predicted molar refractivity (Wildman–Crippen MR) is 53.4 cm³/mol. The first-order valence-corrected chi connectivity index (χ1v) is 4.94. The van der Waals surface area contributed by atoms with Crippen molar-refractivity contribution in [3.8, 4) is 0 Å². The van der Waals surface area contributed by atoms with E-state index in [0.29, 0.717) is 0 Å². The lowest BCUT2D eigenvalue weighted by molar-refractivity contribution is 0.120. The molecule has 0 aliphatic carbocycles. The third-order valence-corrected chi connectivity index (χ3v) is 2.79. The van der Waals surface area contributed by atoms with Gasteiger partial charge in [0.15, 0.2) is 0 Å². The molecule has 1 aliphatic heterocycles. The van der Waals surface area contributed by atoms with Crippen molar-refractivity contribution in [2.45, 2.75) is 25.8 Å². The Morgan fingerprint density at radius 3 is 2.50 bits per heavy atom. The summed E-state index contributed by atoms with van der Waals surface area (Å²) in [6.45, 7) is 4.84. The van der Waals surface area contributed by atoms with Crippen LogP contribution in [0.2, 0.25) is 0 Å². The van der Waals surface area contributed by atoms with Crippen molar-refractivity contribution in [3.63, 3.8) is 0 Å². The molecule has 0 radical (unpaired) electrons. The van der Waals surface area contributed by atoms with Crippen molar-refractivity contribution < 1.29 is 0 Å². The maximum atomic E-state index is 2.51. The maximum Gasteiger partial charge on any atom is 0.0220 e. The molecule has 0 spiro atoms. The quantitative estimate of drug-likeness (QED) is 0.616. The summed E-state index contributed by atoms with van der Waals surface area (Å²) in [5, 5.41) is 0. The van der Waals surface area contributed by atoms with E-state index in [1.54, 1.807) is 0 Å². The normalized spacial score (nSPS) is 32.8. The van der Waals surface area contributed by atoms with E-state index in [2.05, 4.69) is 37.9 Å². The highest BCUT2D eigenvalue weighted by Gasteiger charge is 2.22. The zero-order valence-electron chi connectivity index (χ0n) is 8.88. The average molecular weight is 170 g/mol. The average Bonchev–Trinajstić information content (AvgIpc) is 1.94. The molecular formula is C10H22N2. The first kappa shape index (κ1) is 10.0. The predicted octanol–water partition coefficient (Wildman–Crippen LogP) is 1.28. The molecule has 72 valence electrons. The molecule has 0 aromatic heterocycles. The molecule has 12 heavy (non-hydrogen) atoms. The first-order valence-electron chi connectivity index (χ1n) is 4.94. The van der Waals surface area contributed by atoms with Crippen molar-refractivity contribution in [1.82, 2.24) is 9.80 Å². The van der Waals surface area contributed by atoms with Crippen LogP contribution in [0.4, 0.5) is 0 Å². The number of hydrogen-bond donors (Lipinski definition) is 0. The number of likely N-dealkylation sites (tertiary alicyclic amines) is 1. The van der Waals surface area contributed by atoms with Gasteiger partial charge in [-0.1, -0.05) is 6.92 Å². The Kier molecular flexibility index (Phi) is 3.53. The number of hydrogen-bond acceptors (Lipinski definition) is 2. The topological polar surface area (TPSA) is 6.48 Å². The van der Waals surface area contributed by atoms with Gasteiger partial charge in [0.2, 0.25) is 0 Å². The largest absolute Gasteiger partial charge is 0.308 e. The zero-order valence-corrected chi connectivity index (χ0v) is 8.88. The summed E-state index contributed by atoms with van der Waals surface area (Å²) >= 11 is 0. The molecule has 1 heterocycles. The van der Waals surface area contributed by atoms with Gasteiger partial charge in [-0.05, 0) is 39.9 Å². The van der Waals surface area contributed by atoms with Crippen LogP contribution in [0.5, 0.6) is 0 Å². The lowest BCUT2D eigenvalue weighted by Crippen LogP contribution is -2.45. The minimum Gasteiger partial charge on any atom is -0.308 e. The molecular weight excluding hydrogens is 148 g/mol. The SMILES string of the molecule is CC1CCC(CN(C)C)N(C)C1. The summed E-state index contributed by atoms with van der Waals surface area (Å²) in [4.78, 5) is 4.80. The Hall–Kier alpha value is -0.0800. The lowest BCUT2D eigenvalue weighted by Gasteiger charge is -2.37. The highest BCUT2D eigenvalue weighted by molar-refractivity contribution is 4.78. The standard InChI is InChI=1S/C10H22N2/c1-9-5-6-10(8-11(2)3)12(4)7-9/h9-10H,5-8H2,1-4H3. The third kappa shape index (κ3) is 2.76.